The van der Waals surface area contributed by atoms with Gasteiger partial charge in [-0.15, -0.1) is 0 Å². The maximum atomic E-state index is 11.6. The molecule has 6 heteroatoms. The van der Waals surface area contributed by atoms with Crippen LogP contribution in [-0.2, 0) is 15.7 Å². The highest BCUT2D eigenvalue weighted by Crippen LogP contribution is 2.26. The van der Waals surface area contributed by atoms with Gasteiger partial charge in [0.25, 0.3) is 0 Å². The number of benzene rings is 1. The third-order valence-corrected chi connectivity index (χ3v) is 3.51. The van der Waals surface area contributed by atoms with Gasteiger partial charge in [-0.25, -0.2) is 4.79 Å². The van der Waals surface area contributed by atoms with Crippen LogP contribution in [0.5, 0.6) is 0 Å². The largest absolute Gasteiger partial charge is 0.480 e. The summed E-state index contributed by atoms with van der Waals surface area (Å²) in [4.78, 5) is 14.3. The summed E-state index contributed by atoms with van der Waals surface area (Å²) in [7, 11) is 0. The summed E-state index contributed by atoms with van der Waals surface area (Å²) in [5.41, 5.74) is 8.87. The van der Waals surface area contributed by atoms with E-state index >= 15 is 0 Å². The molecule has 0 bridgehead atoms. The number of nitrogens with one attached hydrogen (secondary N) is 1. The molecule has 2 N–H and O–H groups in total. The van der Waals surface area contributed by atoms with E-state index in [1.165, 1.54) is 0 Å². The summed E-state index contributed by atoms with van der Waals surface area (Å²) < 4.78 is 0. The predicted molar refractivity (Wildman–Crippen MR) is 82.1 cm³/mol. The van der Waals surface area contributed by atoms with Gasteiger partial charge in [-0.2, -0.15) is 0 Å². The highest BCUT2D eigenvalue weighted by Gasteiger charge is 2.34. The molecule has 0 spiro atoms. The van der Waals surface area contributed by atoms with E-state index in [-0.39, 0.29) is 12.0 Å². The van der Waals surface area contributed by atoms with Crippen molar-refractivity contribution in [2.24, 2.45) is 5.11 Å². The highest BCUT2D eigenvalue weighted by atomic mass is 16.4. The lowest BCUT2D eigenvalue weighted by molar-refractivity contribution is -0.144. The first-order valence-electron chi connectivity index (χ1n) is 6.82. The molecule has 1 aromatic rings. The van der Waals surface area contributed by atoms with E-state index in [2.05, 4.69) is 36.1 Å². The third kappa shape index (κ3) is 4.21. The van der Waals surface area contributed by atoms with Crippen LogP contribution in [0.2, 0.25) is 0 Å². The summed E-state index contributed by atoms with van der Waals surface area (Å²) in [5.74, 6) is -0.966. The number of azide groups is 1. The van der Waals surface area contributed by atoms with Gasteiger partial charge in [-0.05, 0) is 29.0 Å². The number of carbonyl (C=O) groups is 1. The first kappa shape index (κ1) is 17.0. The van der Waals surface area contributed by atoms with Crippen LogP contribution in [0.1, 0.15) is 38.8 Å². The molecule has 0 amide bonds. The molecule has 0 aliphatic carbocycles. The van der Waals surface area contributed by atoms with Crippen LogP contribution in [-0.4, -0.2) is 24.2 Å². The monoisotopic (exact) mass is 290 g/mol. The standard InChI is InChI=1S/C15H22N4O2/c1-14(2,3)11-5-7-12(8-6-11)15(4,13(20)21)17-9-10-18-19-16/h5-8,17H,9-10H2,1-4H3,(H,20,21). The molecule has 1 rings (SSSR count). The molecule has 0 radical (unpaired) electrons. The van der Waals surface area contributed by atoms with Gasteiger partial charge in [0.2, 0.25) is 0 Å². The molecule has 0 saturated carbocycles. The molecule has 0 aromatic heterocycles. The Kier molecular flexibility index (Phi) is 5.35. The van der Waals surface area contributed by atoms with Crippen molar-refractivity contribution in [3.05, 3.63) is 45.8 Å². The van der Waals surface area contributed by atoms with Crippen molar-refractivity contribution in [2.75, 3.05) is 13.1 Å². The van der Waals surface area contributed by atoms with Gasteiger partial charge in [0.05, 0.1) is 0 Å². The Labute approximate surface area is 124 Å². The van der Waals surface area contributed by atoms with E-state index < -0.39 is 11.5 Å². The molecule has 0 heterocycles. The number of nitrogens with zero attached hydrogens (tertiary/aromatic N) is 3. The van der Waals surface area contributed by atoms with Gasteiger partial charge in [0, 0.05) is 18.0 Å². The fourth-order valence-corrected chi connectivity index (χ4v) is 2.01. The minimum atomic E-state index is -1.21. The fourth-order valence-electron chi connectivity index (χ4n) is 2.01. The zero-order valence-electron chi connectivity index (χ0n) is 12.9. The van der Waals surface area contributed by atoms with Crippen molar-refractivity contribution in [1.29, 1.82) is 0 Å². The quantitative estimate of drug-likeness (QED) is 0.364. The van der Waals surface area contributed by atoms with E-state index in [1.807, 2.05) is 24.3 Å². The van der Waals surface area contributed by atoms with Crippen molar-refractivity contribution in [3.8, 4) is 0 Å². The molecule has 6 nitrogen and oxygen atoms in total. The van der Waals surface area contributed by atoms with E-state index in [9.17, 15) is 9.90 Å². The van der Waals surface area contributed by atoms with Gasteiger partial charge in [-0.3, -0.25) is 5.32 Å². The molecule has 21 heavy (non-hydrogen) atoms. The molecule has 0 saturated heterocycles. The SMILES string of the molecule is CC(C)(C)c1ccc(C(C)(NCCN=[N+]=[N-])C(=O)O)cc1. The Bertz CT molecular complexity index is 542. The summed E-state index contributed by atoms with van der Waals surface area (Å²) in [5, 5.41) is 15.8. The average molecular weight is 290 g/mol. The Balaban J connectivity index is 2.99. The van der Waals surface area contributed by atoms with Crippen molar-refractivity contribution in [2.45, 2.75) is 38.6 Å². The van der Waals surface area contributed by atoms with Gasteiger partial charge in [0.1, 0.15) is 5.54 Å². The number of hydrogen-bond acceptors (Lipinski definition) is 3. The van der Waals surface area contributed by atoms with E-state index in [4.69, 9.17) is 5.53 Å². The second-order valence-electron chi connectivity index (χ2n) is 6.14. The Morgan fingerprint density at radius 3 is 2.19 bits per heavy atom. The van der Waals surface area contributed by atoms with Crippen LogP contribution in [0, 0.1) is 0 Å². The Hall–Kier alpha value is -2.04. The van der Waals surface area contributed by atoms with Crippen molar-refractivity contribution in [3.63, 3.8) is 0 Å². The maximum absolute atomic E-state index is 11.6. The van der Waals surface area contributed by atoms with Crippen LogP contribution < -0.4 is 5.32 Å². The lowest BCUT2D eigenvalue weighted by Crippen LogP contribution is -2.47. The number of aliphatic carboxylic acids is 1. The molecule has 0 fully saturated rings. The van der Waals surface area contributed by atoms with Crippen LogP contribution >= 0.6 is 0 Å². The number of rotatable bonds is 6. The summed E-state index contributed by atoms with van der Waals surface area (Å²) in [6.45, 7) is 8.44. The zero-order valence-corrected chi connectivity index (χ0v) is 12.9. The van der Waals surface area contributed by atoms with Gasteiger partial charge in [-0.1, -0.05) is 50.2 Å². The smallest absolute Gasteiger partial charge is 0.328 e. The highest BCUT2D eigenvalue weighted by molar-refractivity contribution is 5.80. The first-order valence-corrected chi connectivity index (χ1v) is 6.82. The van der Waals surface area contributed by atoms with E-state index in [0.29, 0.717) is 12.1 Å². The second kappa shape index (κ2) is 6.61. The zero-order chi connectivity index (χ0) is 16.1. The Morgan fingerprint density at radius 2 is 1.76 bits per heavy atom. The minimum Gasteiger partial charge on any atom is -0.480 e. The van der Waals surface area contributed by atoms with Crippen LogP contribution in [0.25, 0.3) is 10.4 Å². The predicted octanol–water partition coefficient (Wildman–Crippen LogP) is 3.18. The first-order chi connectivity index (χ1) is 9.71. The second-order valence-corrected chi connectivity index (χ2v) is 6.14. The topological polar surface area (TPSA) is 98.1 Å². The lowest BCUT2D eigenvalue weighted by Gasteiger charge is -2.28. The molecule has 1 aromatic carbocycles. The molecular weight excluding hydrogens is 268 g/mol. The third-order valence-electron chi connectivity index (χ3n) is 3.51. The van der Waals surface area contributed by atoms with E-state index in [0.717, 1.165) is 5.56 Å². The summed E-state index contributed by atoms with van der Waals surface area (Å²) >= 11 is 0. The average Bonchev–Trinajstić information content (AvgIpc) is 2.42. The van der Waals surface area contributed by atoms with Gasteiger partial charge >= 0.3 is 5.97 Å². The molecule has 1 atom stereocenters. The normalized spacial score (nSPS) is 14.1. The molecule has 1 unspecified atom stereocenters. The van der Waals surface area contributed by atoms with Crippen LogP contribution in [0.4, 0.5) is 0 Å². The number of carboxylic acid groups (broad SMARTS) is 1. The molecule has 0 aliphatic heterocycles. The number of hydrogen-bond donors (Lipinski definition) is 2. The molecule has 114 valence electrons. The minimum absolute atomic E-state index is 0.0209. The molecular formula is C15H22N4O2. The van der Waals surface area contributed by atoms with Crippen LogP contribution in [0.3, 0.4) is 0 Å². The summed E-state index contributed by atoms with van der Waals surface area (Å²) in [6.07, 6.45) is 0. The lowest BCUT2D eigenvalue weighted by atomic mass is 9.84. The summed E-state index contributed by atoms with van der Waals surface area (Å²) in [6, 6.07) is 7.56. The fraction of sp³-hybridized carbons (Fsp3) is 0.533. The van der Waals surface area contributed by atoms with Gasteiger partial charge in [0.15, 0.2) is 0 Å². The molecule has 0 aliphatic rings. The van der Waals surface area contributed by atoms with E-state index in [1.54, 1.807) is 6.92 Å². The number of carboxylic acids is 1. The van der Waals surface area contributed by atoms with Gasteiger partial charge < -0.3 is 5.11 Å². The van der Waals surface area contributed by atoms with Crippen molar-refractivity contribution >= 4 is 5.97 Å². The van der Waals surface area contributed by atoms with Crippen molar-refractivity contribution in [1.82, 2.24) is 5.32 Å². The maximum Gasteiger partial charge on any atom is 0.328 e. The van der Waals surface area contributed by atoms with Crippen molar-refractivity contribution < 1.29 is 9.90 Å². The van der Waals surface area contributed by atoms with Crippen LogP contribution in [0.15, 0.2) is 29.4 Å². The Morgan fingerprint density at radius 1 is 1.24 bits per heavy atom.